The van der Waals surface area contributed by atoms with Gasteiger partial charge in [0.2, 0.25) is 11.8 Å². The lowest BCUT2D eigenvalue weighted by atomic mass is 9.93. The molecule has 7 heteroatoms. The van der Waals surface area contributed by atoms with Crippen molar-refractivity contribution in [3.63, 3.8) is 0 Å². The zero-order valence-corrected chi connectivity index (χ0v) is 21.2. The van der Waals surface area contributed by atoms with E-state index in [9.17, 15) is 14.0 Å². The minimum Gasteiger partial charge on any atom is -0.339 e. The summed E-state index contributed by atoms with van der Waals surface area (Å²) in [6, 6.07) is 8.74. The topological polar surface area (TPSA) is 43.9 Å². The molecule has 3 heterocycles. The molecular weight excluding hydrogens is 449 g/mol. The van der Waals surface area contributed by atoms with Crippen LogP contribution in [-0.2, 0) is 16.0 Å². The van der Waals surface area contributed by atoms with E-state index >= 15 is 0 Å². The summed E-state index contributed by atoms with van der Waals surface area (Å²) in [7, 11) is 0. The molecule has 1 saturated heterocycles. The molecule has 34 heavy (non-hydrogen) atoms. The Labute approximate surface area is 206 Å². The third-order valence-electron chi connectivity index (χ3n) is 7.26. The number of fused-ring (bicyclic) bond motifs is 1. The molecule has 0 unspecified atom stereocenters. The zero-order valence-electron chi connectivity index (χ0n) is 20.3. The molecule has 2 aliphatic rings. The van der Waals surface area contributed by atoms with Gasteiger partial charge in [-0.2, -0.15) is 0 Å². The van der Waals surface area contributed by atoms with Gasteiger partial charge in [-0.15, -0.1) is 11.3 Å². The third kappa shape index (κ3) is 5.52. The molecule has 0 spiro atoms. The summed E-state index contributed by atoms with van der Waals surface area (Å²) in [4.78, 5) is 33.5. The maximum atomic E-state index is 14.0. The predicted octanol–water partition coefficient (Wildman–Crippen LogP) is 4.72. The van der Waals surface area contributed by atoms with Crippen molar-refractivity contribution in [2.24, 2.45) is 5.92 Å². The summed E-state index contributed by atoms with van der Waals surface area (Å²) in [5.74, 6) is 0.180. The molecule has 0 N–H and O–H groups in total. The van der Waals surface area contributed by atoms with Gasteiger partial charge in [-0.25, -0.2) is 4.39 Å². The number of unbranched alkanes of at least 4 members (excludes halogenated alkanes) is 1. The molecule has 0 radical (unpaired) electrons. The largest absolute Gasteiger partial charge is 0.339 e. The molecule has 1 aromatic heterocycles. The zero-order chi connectivity index (χ0) is 24.1. The van der Waals surface area contributed by atoms with E-state index in [0.29, 0.717) is 32.7 Å². The van der Waals surface area contributed by atoms with E-state index in [1.807, 2.05) is 15.9 Å². The van der Waals surface area contributed by atoms with Crippen LogP contribution in [0.25, 0.3) is 0 Å². The quantitative estimate of drug-likeness (QED) is 0.543. The van der Waals surface area contributed by atoms with Crippen molar-refractivity contribution in [3.05, 3.63) is 57.5 Å². The number of carbonyl (C=O) groups is 2. The SMILES string of the molecule is CCCC[C@H](CC)C(=O)N1CCN(C(=O)CN2CCc3sccc3[C@H]2c2cccc(F)c2)CC1. The lowest BCUT2D eigenvalue weighted by Gasteiger charge is -2.39. The third-order valence-corrected chi connectivity index (χ3v) is 8.26. The molecule has 0 aliphatic carbocycles. The number of rotatable bonds is 8. The number of nitrogens with zero attached hydrogens (tertiary/aromatic N) is 3. The van der Waals surface area contributed by atoms with Crippen molar-refractivity contribution in [2.45, 2.75) is 52.0 Å². The van der Waals surface area contributed by atoms with Gasteiger partial charge in [0, 0.05) is 43.5 Å². The van der Waals surface area contributed by atoms with E-state index < -0.39 is 0 Å². The van der Waals surface area contributed by atoms with Gasteiger partial charge in [0.05, 0.1) is 12.6 Å². The molecule has 1 fully saturated rings. The highest BCUT2D eigenvalue weighted by Crippen LogP contribution is 2.37. The van der Waals surface area contributed by atoms with Gasteiger partial charge in [0.25, 0.3) is 0 Å². The Bertz CT molecular complexity index is 986. The van der Waals surface area contributed by atoms with Gasteiger partial charge >= 0.3 is 0 Å². The molecule has 5 nitrogen and oxygen atoms in total. The normalized spacial score (nSPS) is 19.7. The van der Waals surface area contributed by atoms with Crippen LogP contribution in [0.4, 0.5) is 4.39 Å². The first-order valence-corrected chi connectivity index (χ1v) is 13.5. The van der Waals surface area contributed by atoms with Crippen LogP contribution in [0.2, 0.25) is 0 Å². The first-order chi connectivity index (χ1) is 16.5. The van der Waals surface area contributed by atoms with Crippen molar-refractivity contribution in [1.29, 1.82) is 0 Å². The molecule has 2 aliphatic heterocycles. The highest BCUT2D eigenvalue weighted by molar-refractivity contribution is 7.10. The second-order valence-corrected chi connectivity index (χ2v) is 10.4. The summed E-state index contributed by atoms with van der Waals surface area (Å²) in [5.41, 5.74) is 2.07. The van der Waals surface area contributed by atoms with Crippen molar-refractivity contribution in [3.8, 4) is 0 Å². The van der Waals surface area contributed by atoms with Gasteiger partial charge in [-0.3, -0.25) is 14.5 Å². The van der Waals surface area contributed by atoms with Crippen LogP contribution < -0.4 is 0 Å². The number of hydrogen-bond donors (Lipinski definition) is 0. The van der Waals surface area contributed by atoms with E-state index in [1.165, 1.54) is 16.5 Å². The van der Waals surface area contributed by atoms with E-state index in [-0.39, 0.29) is 29.6 Å². The van der Waals surface area contributed by atoms with E-state index in [4.69, 9.17) is 0 Å². The smallest absolute Gasteiger partial charge is 0.236 e. The second-order valence-electron chi connectivity index (χ2n) is 9.43. The number of halogens is 1. The minimum absolute atomic E-state index is 0.0882. The summed E-state index contributed by atoms with van der Waals surface area (Å²) in [6.45, 7) is 7.69. The molecule has 2 aromatic rings. The fraction of sp³-hybridized carbons (Fsp3) is 0.556. The molecule has 184 valence electrons. The van der Waals surface area contributed by atoms with Crippen LogP contribution in [0, 0.1) is 11.7 Å². The Morgan fingerprint density at radius 3 is 2.56 bits per heavy atom. The van der Waals surface area contributed by atoms with E-state index in [1.54, 1.807) is 23.5 Å². The Kier molecular flexibility index (Phi) is 8.37. The number of benzene rings is 1. The number of carbonyl (C=O) groups excluding carboxylic acids is 2. The standard InChI is InChI=1S/C27H36FN3O2S/c1-3-5-7-20(4-2)27(33)30-15-13-29(14-16-30)25(32)19-31-12-10-24-23(11-17-34-24)26(31)21-8-6-9-22(28)18-21/h6,8-9,11,17-18,20,26H,3-5,7,10,12-16,19H2,1-2H3/t20-,26+/m0/s1. The highest BCUT2D eigenvalue weighted by Gasteiger charge is 2.33. The fourth-order valence-electron chi connectivity index (χ4n) is 5.27. The molecule has 4 rings (SSSR count). The van der Waals surface area contributed by atoms with Gasteiger partial charge in [-0.1, -0.05) is 38.8 Å². The predicted molar refractivity (Wildman–Crippen MR) is 134 cm³/mol. The Balaban J connectivity index is 1.39. The lowest BCUT2D eigenvalue weighted by molar-refractivity contribution is -0.143. The van der Waals surface area contributed by atoms with E-state index in [2.05, 4.69) is 30.2 Å². The molecule has 2 atom stereocenters. The summed E-state index contributed by atoms with van der Waals surface area (Å²) < 4.78 is 14.0. The van der Waals surface area contributed by atoms with Gasteiger partial charge in [-0.05, 0) is 54.0 Å². The van der Waals surface area contributed by atoms with Crippen molar-refractivity contribution >= 4 is 23.2 Å². The summed E-state index contributed by atoms with van der Waals surface area (Å²) in [6.07, 6.45) is 4.92. The molecule has 0 bridgehead atoms. The monoisotopic (exact) mass is 485 g/mol. The highest BCUT2D eigenvalue weighted by atomic mass is 32.1. The number of amides is 2. The molecule has 2 amide bonds. The first-order valence-electron chi connectivity index (χ1n) is 12.6. The van der Waals surface area contributed by atoms with Gasteiger partial charge < -0.3 is 9.80 Å². The van der Waals surface area contributed by atoms with Crippen LogP contribution >= 0.6 is 11.3 Å². The van der Waals surface area contributed by atoms with Crippen molar-refractivity contribution < 1.29 is 14.0 Å². The first kappa shape index (κ1) is 24.9. The van der Waals surface area contributed by atoms with Crippen LogP contribution in [0.3, 0.4) is 0 Å². The Morgan fingerprint density at radius 1 is 1.09 bits per heavy atom. The Morgan fingerprint density at radius 2 is 1.85 bits per heavy atom. The van der Waals surface area contributed by atoms with Gasteiger partial charge in [0.1, 0.15) is 5.82 Å². The van der Waals surface area contributed by atoms with Crippen LogP contribution in [-0.4, -0.2) is 65.8 Å². The fourth-order valence-corrected chi connectivity index (χ4v) is 6.17. The average Bonchev–Trinajstić information content (AvgIpc) is 3.33. The maximum absolute atomic E-state index is 14.0. The number of hydrogen-bond acceptors (Lipinski definition) is 4. The second kappa shape index (κ2) is 11.5. The number of piperazine rings is 1. The molecule has 0 saturated carbocycles. The Hall–Kier alpha value is -2.25. The van der Waals surface area contributed by atoms with Crippen LogP contribution in [0.1, 0.15) is 61.6 Å². The van der Waals surface area contributed by atoms with Crippen LogP contribution in [0.5, 0.6) is 0 Å². The average molecular weight is 486 g/mol. The van der Waals surface area contributed by atoms with Crippen LogP contribution in [0.15, 0.2) is 35.7 Å². The number of thiophene rings is 1. The lowest BCUT2D eigenvalue weighted by Crippen LogP contribution is -2.54. The van der Waals surface area contributed by atoms with E-state index in [0.717, 1.165) is 44.2 Å². The van der Waals surface area contributed by atoms with Crippen molar-refractivity contribution in [2.75, 3.05) is 39.3 Å². The maximum Gasteiger partial charge on any atom is 0.236 e. The van der Waals surface area contributed by atoms with Gasteiger partial charge in [0.15, 0.2) is 0 Å². The molecular formula is C27H36FN3O2S. The minimum atomic E-state index is -0.253. The summed E-state index contributed by atoms with van der Waals surface area (Å²) >= 11 is 1.74. The molecule has 1 aromatic carbocycles. The van der Waals surface area contributed by atoms with Crippen molar-refractivity contribution in [1.82, 2.24) is 14.7 Å². The summed E-state index contributed by atoms with van der Waals surface area (Å²) in [5, 5.41) is 2.09.